The predicted octanol–water partition coefficient (Wildman–Crippen LogP) is 2.02. The fourth-order valence-corrected chi connectivity index (χ4v) is 2.14. The molecule has 3 N–H and O–H groups in total. The van der Waals surface area contributed by atoms with Crippen LogP contribution < -0.4 is 11.3 Å². The molecule has 0 aliphatic carbocycles. The molecule has 1 aliphatic heterocycles. The highest BCUT2D eigenvalue weighted by molar-refractivity contribution is 6.30. The summed E-state index contributed by atoms with van der Waals surface area (Å²) in [6.45, 7) is 1.39. The summed E-state index contributed by atoms with van der Waals surface area (Å²) in [5, 5.41) is 0.127. The lowest BCUT2D eigenvalue weighted by Crippen LogP contribution is -2.33. The fourth-order valence-electron chi connectivity index (χ4n) is 2.03. The van der Waals surface area contributed by atoms with Gasteiger partial charge in [-0.05, 0) is 24.1 Å². The van der Waals surface area contributed by atoms with Crippen LogP contribution >= 0.6 is 11.6 Å². The third-order valence-corrected chi connectivity index (χ3v) is 3.23. The molecule has 16 heavy (non-hydrogen) atoms. The van der Waals surface area contributed by atoms with Gasteiger partial charge in [0.2, 0.25) is 0 Å². The number of ether oxygens (including phenoxy) is 1. The molecule has 1 aromatic rings. The van der Waals surface area contributed by atoms with Gasteiger partial charge >= 0.3 is 0 Å². The average Bonchev–Trinajstić information content (AvgIpc) is 2.78. The largest absolute Gasteiger partial charge is 0.381 e. The summed E-state index contributed by atoms with van der Waals surface area (Å²) in [4.78, 5) is 0. The van der Waals surface area contributed by atoms with E-state index in [4.69, 9.17) is 22.2 Å². The summed E-state index contributed by atoms with van der Waals surface area (Å²) >= 11 is 5.64. The zero-order chi connectivity index (χ0) is 11.5. The third-order valence-electron chi connectivity index (χ3n) is 2.92. The Balaban J connectivity index is 2.22. The van der Waals surface area contributed by atoms with E-state index in [1.54, 1.807) is 12.1 Å². The van der Waals surface area contributed by atoms with E-state index in [1.807, 2.05) is 0 Å². The first-order valence-electron chi connectivity index (χ1n) is 5.21. The lowest BCUT2D eigenvalue weighted by Gasteiger charge is -2.22. The molecule has 0 radical (unpaired) electrons. The quantitative estimate of drug-likeness (QED) is 0.632. The number of halogens is 2. The Labute approximate surface area is 98.7 Å². The van der Waals surface area contributed by atoms with E-state index in [0.717, 1.165) is 18.6 Å². The van der Waals surface area contributed by atoms with Gasteiger partial charge in [0.1, 0.15) is 5.82 Å². The minimum atomic E-state index is -0.418. The molecule has 1 saturated heterocycles. The minimum absolute atomic E-state index is 0.0886. The molecule has 0 bridgehead atoms. The van der Waals surface area contributed by atoms with Crippen molar-refractivity contribution in [2.24, 2.45) is 11.8 Å². The number of rotatable bonds is 3. The van der Waals surface area contributed by atoms with E-state index >= 15 is 0 Å². The van der Waals surface area contributed by atoms with E-state index in [9.17, 15) is 4.39 Å². The van der Waals surface area contributed by atoms with E-state index in [-0.39, 0.29) is 17.0 Å². The molecular formula is C11H14ClFN2O. The van der Waals surface area contributed by atoms with Crippen LogP contribution in [0.4, 0.5) is 4.39 Å². The molecule has 1 aromatic carbocycles. The number of hydrogen-bond acceptors (Lipinski definition) is 3. The first-order chi connectivity index (χ1) is 7.72. The molecule has 1 heterocycles. The Hall–Kier alpha value is -0.680. The van der Waals surface area contributed by atoms with Crippen LogP contribution in [-0.4, -0.2) is 13.2 Å². The van der Waals surface area contributed by atoms with Gasteiger partial charge in [-0.3, -0.25) is 11.3 Å². The van der Waals surface area contributed by atoms with Gasteiger partial charge in [0.05, 0.1) is 17.7 Å². The molecule has 0 saturated carbocycles. The Bertz CT molecular complexity index is 369. The predicted molar refractivity (Wildman–Crippen MR) is 60.4 cm³/mol. The fraction of sp³-hybridized carbons (Fsp3) is 0.455. The molecule has 0 amide bonds. The van der Waals surface area contributed by atoms with Crippen LogP contribution in [-0.2, 0) is 4.74 Å². The van der Waals surface area contributed by atoms with Crippen molar-refractivity contribution in [2.75, 3.05) is 13.2 Å². The maximum Gasteiger partial charge on any atom is 0.142 e. The van der Waals surface area contributed by atoms with Gasteiger partial charge in [-0.1, -0.05) is 17.7 Å². The minimum Gasteiger partial charge on any atom is -0.381 e. The van der Waals surface area contributed by atoms with Gasteiger partial charge in [0, 0.05) is 12.5 Å². The van der Waals surface area contributed by atoms with E-state index < -0.39 is 5.82 Å². The molecular weight excluding hydrogens is 231 g/mol. The molecule has 88 valence electrons. The highest BCUT2D eigenvalue weighted by atomic mass is 35.5. The van der Waals surface area contributed by atoms with Gasteiger partial charge in [0.25, 0.3) is 0 Å². The number of hydrazine groups is 1. The van der Waals surface area contributed by atoms with Crippen LogP contribution in [0.15, 0.2) is 18.2 Å². The summed E-state index contributed by atoms with van der Waals surface area (Å²) in [6.07, 6.45) is 0.930. The number of nitrogens with one attached hydrogen (secondary N) is 1. The van der Waals surface area contributed by atoms with Gasteiger partial charge in [-0.2, -0.15) is 0 Å². The summed E-state index contributed by atoms with van der Waals surface area (Å²) in [5.74, 6) is 5.38. The molecule has 1 aliphatic rings. The van der Waals surface area contributed by atoms with Crippen molar-refractivity contribution in [3.8, 4) is 0 Å². The van der Waals surface area contributed by atoms with Gasteiger partial charge in [0.15, 0.2) is 0 Å². The summed E-state index contributed by atoms with van der Waals surface area (Å²) < 4.78 is 18.6. The average molecular weight is 245 g/mol. The zero-order valence-corrected chi connectivity index (χ0v) is 9.51. The van der Waals surface area contributed by atoms with Crippen molar-refractivity contribution in [3.63, 3.8) is 0 Å². The maximum absolute atomic E-state index is 13.3. The van der Waals surface area contributed by atoms with Crippen molar-refractivity contribution >= 4 is 11.6 Å². The van der Waals surface area contributed by atoms with Gasteiger partial charge < -0.3 is 4.74 Å². The number of benzene rings is 1. The molecule has 5 heteroatoms. The van der Waals surface area contributed by atoms with Crippen molar-refractivity contribution in [1.29, 1.82) is 0 Å². The van der Waals surface area contributed by atoms with Crippen LogP contribution in [0.2, 0.25) is 5.02 Å². The van der Waals surface area contributed by atoms with E-state index in [0.29, 0.717) is 6.61 Å². The standard InChI is InChI=1S/C11H14ClFN2O/c12-9-2-1-7(5-10(9)13)11(15-14)8-3-4-16-6-8/h1-2,5,8,11,15H,3-4,6,14H2. The lowest BCUT2D eigenvalue weighted by molar-refractivity contribution is 0.176. The Morgan fingerprint density at radius 1 is 1.56 bits per heavy atom. The second-order valence-electron chi connectivity index (χ2n) is 3.94. The van der Waals surface area contributed by atoms with E-state index in [1.165, 1.54) is 6.07 Å². The highest BCUT2D eigenvalue weighted by Crippen LogP contribution is 2.29. The Morgan fingerprint density at radius 3 is 2.94 bits per heavy atom. The second-order valence-corrected chi connectivity index (χ2v) is 4.35. The van der Waals surface area contributed by atoms with Crippen LogP contribution in [0.5, 0.6) is 0 Å². The molecule has 1 fully saturated rings. The maximum atomic E-state index is 13.3. The summed E-state index contributed by atoms with van der Waals surface area (Å²) in [7, 11) is 0. The zero-order valence-electron chi connectivity index (χ0n) is 8.75. The molecule has 2 atom stereocenters. The summed E-state index contributed by atoms with van der Waals surface area (Å²) in [6, 6.07) is 4.67. The molecule has 2 rings (SSSR count). The van der Waals surface area contributed by atoms with Crippen LogP contribution in [0.1, 0.15) is 18.0 Å². The number of nitrogens with two attached hydrogens (primary N) is 1. The number of hydrogen-bond donors (Lipinski definition) is 2. The SMILES string of the molecule is NNC(c1ccc(Cl)c(F)c1)C1CCOC1. The first-order valence-corrected chi connectivity index (χ1v) is 5.59. The van der Waals surface area contributed by atoms with Crippen LogP contribution in [0, 0.1) is 11.7 Å². The van der Waals surface area contributed by atoms with Gasteiger partial charge in [-0.25, -0.2) is 4.39 Å². The Kier molecular flexibility index (Phi) is 3.76. The smallest absolute Gasteiger partial charge is 0.142 e. The van der Waals surface area contributed by atoms with Crippen molar-refractivity contribution < 1.29 is 9.13 Å². The molecule has 0 spiro atoms. The van der Waals surface area contributed by atoms with Crippen molar-refractivity contribution in [2.45, 2.75) is 12.5 Å². The summed E-state index contributed by atoms with van der Waals surface area (Å²) in [5.41, 5.74) is 3.52. The van der Waals surface area contributed by atoms with Crippen molar-refractivity contribution in [3.05, 3.63) is 34.6 Å². The normalized spacial score (nSPS) is 22.3. The van der Waals surface area contributed by atoms with Gasteiger partial charge in [-0.15, -0.1) is 0 Å². The molecule has 3 nitrogen and oxygen atoms in total. The topological polar surface area (TPSA) is 47.3 Å². The monoisotopic (exact) mass is 244 g/mol. The molecule has 0 aromatic heterocycles. The van der Waals surface area contributed by atoms with E-state index in [2.05, 4.69) is 5.43 Å². The van der Waals surface area contributed by atoms with Crippen LogP contribution in [0.3, 0.4) is 0 Å². The second kappa shape index (κ2) is 5.10. The Morgan fingerprint density at radius 2 is 2.38 bits per heavy atom. The first kappa shape index (κ1) is 11.8. The lowest BCUT2D eigenvalue weighted by atomic mass is 9.93. The molecule has 2 unspecified atom stereocenters. The highest BCUT2D eigenvalue weighted by Gasteiger charge is 2.26. The van der Waals surface area contributed by atoms with Crippen molar-refractivity contribution in [1.82, 2.24) is 5.43 Å². The third kappa shape index (κ3) is 2.35. The van der Waals surface area contributed by atoms with Crippen LogP contribution in [0.25, 0.3) is 0 Å².